The van der Waals surface area contributed by atoms with Crippen LogP contribution in [0, 0.1) is 11.3 Å². The molecule has 0 aliphatic carbocycles. The van der Waals surface area contributed by atoms with Gasteiger partial charge in [-0.15, -0.1) is 11.3 Å². The number of hydrogen-bond donors (Lipinski definition) is 2. The molecular weight excluding hydrogens is 238 g/mol. The van der Waals surface area contributed by atoms with Crippen LogP contribution in [0.4, 0.5) is 0 Å². The Balaban J connectivity index is 2.50. The van der Waals surface area contributed by atoms with E-state index in [1.165, 1.54) is 23.5 Å². The zero-order valence-electron chi connectivity index (χ0n) is 8.54. The average Bonchev–Trinajstić information content (AvgIpc) is 2.78. The zero-order valence-corrected chi connectivity index (χ0v) is 9.36. The van der Waals surface area contributed by atoms with E-state index in [1.54, 1.807) is 18.2 Å². The first-order valence-corrected chi connectivity index (χ1v) is 5.50. The standard InChI is InChI=1S/C12H7NO3S/c13-6-8-2-4-11(17-8)7-1-3-10(14)9(5-7)12(15)16/h1-5,14H,(H,15,16). The summed E-state index contributed by atoms with van der Waals surface area (Å²) < 4.78 is 0. The maximum Gasteiger partial charge on any atom is 0.339 e. The maximum atomic E-state index is 10.9. The number of nitriles is 1. The van der Waals surface area contributed by atoms with Gasteiger partial charge >= 0.3 is 5.97 Å². The quantitative estimate of drug-likeness (QED) is 0.852. The van der Waals surface area contributed by atoms with E-state index in [1.807, 2.05) is 6.07 Å². The van der Waals surface area contributed by atoms with Gasteiger partial charge in [0.2, 0.25) is 0 Å². The molecule has 0 aliphatic rings. The van der Waals surface area contributed by atoms with E-state index in [2.05, 4.69) is 0 Å². The lowest BCUT2D eigenvalue weighted by Crippen LogP contribution is -1.96. The normalized spacial score (nSPS) is 9.82. The Kier molecular flexibility index (Phi) is 2.81. The highest BCUT2D eigenvalue weighted by Gasteiger charge is 2.11. The molecule has 0 radical (unpaired) electrons. The predicted molar refractivity (Wildman–Crippen MR) is 63.1 cm³/mol. The van der Waals surface area contributed by atoms with Gasteiger partial charge in [0.15, 0.2) is 0 Å². The van der Waals surface area contributed by atoms with Crippen molar-refractivity contribution in [1.82, 2.24) is 0 Å². The van der Waals surface area contributed by atoms with Gasteiger partial charge in [0.25, 0.3) is 0 Å². The molecule has 0 amide bonds. The Morgan fingerprint density at radius 1 is 1.29 bits per heavy atom. The number of hydrogen-bond acceptors (Lipinski definition) is 4. The minimum atomic E-state index is -1.18. The topological polar surface area (TPSA) is 81.3 Å². The number of carboxylic acids is 1. The van der Waals surface area contributed by atoms with Gasteiger partial charge in [-0.2, -0.15) is 5.26 Å². The van der Waals surface area contributed by atoms with Crippen molar-refractivity contribution in [3.63, 3.8) is 0 Å². The molecular formula is C12H7NO3S. The van der Waals surface area contributed by atoms with Gasteiger partial charge in [0, 0.05) is 4.88 Å². The molecule has 84 valence electrons. The molecule has 0 aliphatic heterocycles. The summed E-state index contributed by atoms with van der Waals surface area (Å²) >= 11 is 1.28. The zero-order chi connectivity index (χ0) is 12.4. The van der Waals surface area contributed by atoms with Crippen molar-refractivity contribution >= 4 is 17.3 Å². The highest BCUT2D eigenvalue weighted by Crippen LogP contribution is 2.30. The number of aromatic hydroxyl groups is 1. The number of carboxylic acid groups (broad SMARTS) is 1. The lowest BCUT2D eigenvalue weighted by Gasteiger charge is -2.02. The molecule has 1 heterocycles. The second kappa shape index (κ2) is 4.28. The third-order valence-corrected chi connectivity index (χ3v) is 3.27. The fraction of sp³-hybridized carbons (Fsp3) is 0. The van der Waals surface area contributed by atoms with E-state index in [4.69, 9.17) is 10.4 Å². The van der Waals surface area contributed by atoms with Crippen molar-refractivity contribution in [3.05, 3.63) is 40.8 Å². The third kappa shape index (κ3) is 2.12. The number of aromatic carboxylic acids is 1. The lowest BCUT2D eigenvalue weighted by molar-refractivity contribution is 0.0694. The number of carbonyl (C=O) groups is 1. The first-order chi connectivity index (χ1) is 8.11. The highest BCUT2D eigenvalue weighted by molar-refractivity contribution is 7.16. The minimum Gasteiger partial charge on any atom is -0.507 e. The van der Waals surface area contributed by atoms with Gasteiger partial charge in [-0.3, -0.25) is 0 Å². The van der Waals surface area contributed by atoms with Crippen LogP contribution in [0.2, 0.25) is 0 Å². The number of phenols is 1. The van der Waals surface area contributed by atoms with Crippen molar-refractivity contribution in [3.8, 4) is 22.3 Å². The summed E-state index contributed by atoms with van der Waals surface area (Å²) in [7, 11) is 0. The van der Waals surface area contributed by atoms with Gasteiger partial charge in [-0.25, -0.2) is 4.79 Å². The molecule has 0 spiro atoms. The smallest absolute Gasteiger partial charge is 0.339 e. The van der Waals surface area contributed by atoms with E-state index in [0.29, 0.717) is 10.4 Å². The minimum absolute atomic E-state index is 0.144. The summed E-state index contributed by atoms with van der Waals surface area (Å²) in [5.41, 5.74) is 0.529. The molecule has 1 aromatic carbocycles. The van der Waals surface area contributed by atoms with Crippen molar-refractivity contribution in [2.75, 3.05) is 0 Å². The van der Waals surface area contributed by atoms with Crippen LogP contribution in [0.1, 0.15) is 15.2 Å². The van der Waals surface area contributed by atoms with Crippen LogP contribution >= 0.6 is 11.3 Å². The first kappa shape index (κ1) is 11.2. The van der Waals surface area contributed by atoms with Crippen LogP contribution in [0.25, 0.3) is 10.4 Å². The van der Waals surface area contributed by atoms with E-state index < -0.39 is 5.97 Å². The fourth-order valence-electron chi connectivity index (χ4n) is 1.41. The summed E-state index contributed by atoms with van der Waals surface area (Å²) in [6.07, 6.45) is 0. The first-order valence-electron chi connectivity index (χ1n) is 4.68. The molecule has 0 atom stereocenters. The molecule has 2 aromatic rings. The monoisotopic (exact) mass is 245 g/mol. The molecule has 1 aromatic heterocycles. The van der Waals surface area contributed by atoms with Crippen LogP contribution in [0.5, 0.6) is 5.75 Å². The van der Waals surface area contributed by atoms with Crippen molar-refractivity contribution in [2.24, 2.45) is 0 Å². The molecule has 2 N–H and O–H groups in total. The largest absolute Gasteiger partial charge is 0.507 e. The maximum absolute atomic E-state index is 10.9. The number of rotatable bonds is 2. The second-order valence-electron chi connectivity index (χ2n) is 3.31. The summed E-state index contributed by atoms with van der Waals surface area (Å²) in [4.78, 5) is 12.2. The molecule has 0 saturated heterocycles. The van der Waals surface area contributed by atoms with Gasteiger partial charge in [-0.05, 0) is 35.9 Å². The van der Waals surface area contributed by atoms with Crippen molar-refractivity contribution in [1.29, 1.82) is 5.26 Å². The fourth-order valence-corrected chi connectivity index (χ4v) is 2.21. The summed E-state index contributed by atoms with van der Waals surface area (Å²) in [5, 5.41) is 27.0. The molecule has 5 heteroatoms. The molecule has 4 nitrogen and oxygen atoms in total. The third-order valence-electron chi connectivity index (χ3n) is 2.23. The van der Waals surface area contributed by atoms with Crippen LogP contribution in [-0.2, 0) is 0 Å². The molecule has 0 bridgehead atoms. The molecule has 17 heavy (non-hydrogen) atoms. The van der Waals surface area contributed by atoms with E-state index in [9.17, 15) is 9.90 Å². The second-order valence-corrected chi connectivity index (χ2v) is 4.40. The van der Waals surface area contributed by atoms with E-state index in [0.717, 1.165) is 4.88 Å². The summed E-state index contributed by atoms with van der Waals surface area (Å²) in [6.45, 7) is 0. The SMILES string of the molecule is N#Cc1ccc(-c2ccc(O)c(C(=O)O)c2)s1. The molecule has 0 fully saturated rings. The highest BCUT2D eigenvalue weighted by atomic mass is 32.1. The van der Waals surface area contributed by atoms with Crippen LogP contribution < -0.4 is 0 Å². The number of benzene rings is 1. The van der Waals surface area contributed by atoms with Crippen molar-refractivity contribution < 1.29 is 15.0 Å². The predicted octanol–water partition coefficient (Wildman–Crippen LogP) is 2.69. The van der Waals surface area contributed by atoms with Crippen LogP contribution in [0.3, 0.4) is 0 Å². The number of thiophene rings is 1. The van der Waals surface area contributed by atoms with Gasteiger partial charge in [-0.1, -0.05) is 0 Å². The Hall–Kier alpha value is -2.32. The Labute approximate surface area is 101 Å². The van der Waals surface area contributed by atoms with E-state index in [-0.39, 0.29) is 11.3 Å². The molecule has 0 unspecified atom stereocenters. The average molecular weight is 245 g/mol. The molecule has 2 rings (SSSR count). The summed E-state index contributed by atoms with van der Waals surface area (Å²) in [6, 6.07) is 9.79. The van der Waals surface area contributed by atoms with Crippen molar-refractivity contribution in [2.45, 2.75) is 0 Å². The summed E-state index contributed by atoms with van der Waals surface area (Å²) in [5.74, 6) is -1.44. The Morgan fingerprint density at radius 3 is 2.65 bits per heavy atom. The van der Waals surface area contributed by atoms with Crippen LogP contribution in [-0.4, -0.2) is 16.2 Å². The Bertz CT molecular complexity index is 625. The number of nitrogens with zero attached hydrogens (tertiary/aromatic N) is 1. The lowest BCUT2D eigenvalue weighted by atomic mass is 10.1. The van der Waals surface area contributed by atoms with Gasteiger partial charge < -0.3 is 10.2 Å². The molecule has 0 saturated carbocycles. The van der Waals surface area contributed by atoms with Gasteiger partial charge in [0.1, 0.15) is 22.3 Å². The van der Waals surface area contributed by atoms with Crippen LogP contribution in [0.15, 0.2) is 30.3 Å². The van der Waals surface area contributed by atoms with Gasteiger partial charge in [0.05, 0.1) is 0 Å². The van der Waals surface area contributed by atoms with E-state index >= 15 is 0 Å². The Morgan fingerprint density at radius 2 is 2.06 bits per heavy atom.